The largest absolute Gasteiger partial charge is 0.390 e. The summed E-state index contributed by atoms with van der Waals surface area (Å²) in [5.74, 6) is 1.72. The van der Waals surface area contributed by atoms with Crippen molar-refractivity contribution in [1.82, 2.24) is 14.5 Å². The Labute approximate surface area is 158 Å². The molecule has 1 fully saturated rings. The zero-order chi connectivity index (χ0) is 18.3. The van der Waals surface area contributed by atoms with Crippen molar-refractivity contribution in [1.29, 1.82) is 0 Å². The van der Waals surface area contributed by atoms with Crippen molar-refractivity contribution >= 4 is 28.5 Å². The number of halogens is 1. The van der Waals surface area contributed by atoms with E-state index in [0.717, 1.165) is 60.6 Å². The van der Waals surface area contributed by atoms with E-state index in [1.807, 2.05) is 38.2 Å². The summed E-state index contributed by atoms with van der Waals surface area (Å²) in [6.45, 7) is 3.63. The minimum absolute atomic E-state index is 0.539. The second kappa shape index (κ2) is 6.56. The van der Waals surface area contributed by atoms with E-state index in [-0.39, 0.29) is 0 Å². The lowest BCUT2D eigenvalue weighted by molar-refractivity contribution is 0.0125. The fraction of sp³-hybridized carbons (Fsp3) is 0.400. The number of fused-ring (bicyclic) bond motifs is 1. The van der Waals surface area contributed by atoms with Gasteiger partial charge >= 0.3 is 0 Å². The molecule has 1 N–H and O–H groups in total. The molecule has 26 heavy (non-hydrogen) atoms. The molecule has 4 rings (SSSR count). The average molecular weight is 371 g/mol. The van der Waals surface area contributed by atoms with Crippen LogP contribution in [-0.2, 0) is 7.05 Å². The van der Waals surface area contributed by atoms with Gasteiger partial charge in [-0.2, -0.15) is 0 Å². The van der Waals surface area contributed by atoms with Gasteiger partial charge in [-0.05, 0) is 37.5 Å². The van der Waals surface area contributed by atoms with Crippen LogP contribution in [0.3, 0.4) is 0 Å². The van der Waals surface area contributed by atoms with Crippen LogP contribution in [0.4, 0.5) is 5.82 Å². The average Bonchev–Trinajstić information content (AvgIpc) is 3.00. The minimum Gasteiger partial charge on any atom is -0.390 e. The number of para-hydroxylation sites is 2. The van der Waals surface area contributed by atoms with Crippen molar-refractivity contribution in [2.24, 2.45) is 7.05 Å². The maximum atomic E-state index is 10.5. The first kappa shape index (κ1) is 17.3. The Hall–Kier alpha value is -2.11. The lowest BCUT2D eigenvalue weighted by atomic mass is 9.89. The molecule has 2 aromatic heterocycles. The summed E-state index contributed by atoms with van der Waals surface area (Å²) >= 11 is 6.46. The number of benzene rings is 1. The van der Waals surface area contributed by atoms with Crippen LogP contribution in [0, 0.1) is 0 Å². The Balaban J connectivity index is 1.70. The maximum Gasteiger partial charge on any atom is 0.142 e. The van der Waals surface area contributed by atoms with Gasteiger partial charge in [0.05, 0.1) is 21.7 Å². The number of aryl methyl sites for hydroxylation is 1. The van der Waals surface area contributed by atoms with Crippen LogP contribution in [0.5, 0.6) is 0 Å². The SMILES string of the molecule is CCC1(O)CCN(c2cc(-c3nc4ccccc4n3C)c(Cl)cn2)CC1. The van der Waals surface area contributed by atoms with Gasteiger partial charge < -0.3 is 14.6 Å². The van der Waals surface area contributed by atoms with Crippen LogP contribution in [-0.4, -0.2) is 38.3 Å². The predicted octanol–water partition coefficient (Wildman–Crippen LogP) is 4.03. The van der Waals surface area contributed by atoms with Gasteiger partial charge in [0.2, 0.25) is 0 Å². The molecule has 0 aliphatic carbocycles. The van der Waals surface area contributed by atoms with Gasteiger partial charge in [0.25, 0.3) is 0 Å². The van der Waals surface area contributed by atoms with E-state index in [4.69, 9.17) is 16.6 Å². The van der Waals surface area contributed by atoms with E-state index >= 15 is 0 Å². The van der Waals surface area contributed by atoms with Gasteiger partial charge in [-0.15, -0.1) is 0 Å². The lowest BCUT2D eigenvalue weighted by Gasteiger charge is -2.38. The molecular weight excluding hydrogens is 348 g/mol. The van der Waals surface area contributed by atoms with Gasteiger partial charge in [0.1, 0.15) is 11.6 Å². The minimum atomic E-state index is -0.539. The van der Waals surface area contributed by atoms with Gasteiger partial charge in [0.15, 0.2) is 0 Å². The van der Waals surface area contributed by atoms with Gasteiger partial charge in [-0.3, -0.25) is 0 Å². The number of rotatable bonds is 3. The lowest BCUT2D eigenvalue weighted by Crippen LogP contribution is -2.44. The third-order valence-corrected chi connectivity index (χ3v) is 5.85. The molecular formula is C20H23ClN4O. The standard InChI is InChI=1S/C20H23ClN4O/c1-3-20(26)8-10-25(11-9-20)18-12-14(15(21)13-22-18)19-23-16-6-4-5-7-17(16)24(19)2/h4-7,12-13,26H,3,8-11H2,1-2H3. The summed E-state index contributed by atoms with van der Waals surface area (Å²) in [4.78, 5) is 11.5. The molecule has 1 aromatic carbocycles. The van der Waals surface area contributed by atoms with Crippen LogP contribution in [0.15, 0.2) is 36.5 Å². The molecule has 1 aliphatic rings. The van der Waals surface area contributed by atoms with E-state index in [1.54, 1.807) is 6.20 Å². The summed E-state index contributed by atoms with van der Waals surface area (Å²) in [6, 6.07) is 10.1. The molecule has 0 spiro atoms. The fourth-order valence-electron chi connectivity index (χ4n) is 3.66. The third kappa shape index (κ3) is 2.95. The molecule has 0 radical (unpaired) electrons. The van der Waals surface area contributed by atoms with E-state index in [0.29, 0.717) is 5.02 Å². The van der Waals surface area contributed by atoms with Crippen molar-refractivity contribution in [3.63, 3.8) is 0 Å². The molecule has 136 valence electrons. The number of hydrogen-bond acceptors (Lipinski definition) is 4. The number of pyridine rings is 1. The Kier molecular flexibility index (Phi) is 4.37. The number of hydrogen-bond donors (Lipinski definition) is 1. The molecule has 0 amide bonds. The highest BCUT2D eigenvalue weighted by atomic mass is 35.5. The molecule has 5 nitrogen and oxygen atoms in total. The smallest absolute Gasteiger partial charge is 0.142 e. The Morgan fingerprint density at radius 3 is 2.65 bits per heavy atom. The van der Waals surface area contributed by atoms with Crippen LogP contribution >= 0.6 is 11.6 Å². The van der Waals surface area contributed by atoms with Crippen LogP contribution in [0.2, 0.25) is 5.02 Å². The second-order valence-electron chi connectivity index (χ2n) is 7.07. The first-order valence-electron chi connectivity index (χ1n) is 9.05. The van der Waals surface area contributed by atoms with Crippen LogP contribution in [0.1, 0.15) is 26.2 Å². The van der Waals surface area contributed by atoms with Gasteiger partial charge in [-0.25, -0.2) is 9.97 Å². The van der Waals surface area contributed by atoms with Crippen molar-refractivity contribution in [3.05, 3.63) is 41.6 Å². The first-order valence-corrected chi connectivity index (χ1v) is 9.43. The zero-order valence-electron chi connectivity index (χ0n) is 15.1. The van der Waals surface area contributed by atoms with E-state index in [2.05, 4.69) is 20.5 Å². The zero-order valence-corrected chi connectivity index (χ0v) is 15.9. The summed E-state index contributed by atoms with van der Waals surface area (Å²) in [6.07, 6.45) is 4.01. The van der Waals surface area contributed by atoms with E-state index in [1.165, 1.54) is 0 Å². The number of imidazole rings is 1. The number of anilines is 1. The molecule has 3 aromatic rings. The normalized spacial score (nSPS) is 17.0. The molecule has 0 saturated carbocycles. The summed E-state index contributed by atoms with van der Waals surface area (Å²) in [5.41, 5.74) is 2.36. The van der Waals surface area contributed by atoms with Gasteiger partial charge in [0, 0.05) is 31.9 Å². The van der Waals surface area contributed by atoms with Crippen molar-refractivity contribution in [2.75, 3.05) is 18.0 Å². The van der Waals surface area contributed by atoms with Crippen molar-refractivity contribution in [3.8, 4) is 11.4 Å². The molecule has 0 unspecified atom stereocenters. The Morgan fingerprint density at radius 2 is 1.96 bits per heavy atom. The highest BCUT2D eigenvalue weighted by Crippen LogP contribution is 2.33. The third-order valence-electron chi connectivity index (χ3n) is 5.55. The van der Waals surface area contributed by atoms with Crippen LogP contribution < -0.4 is 4.90 Å². The molecule has 0 atom stereocenters. The van der Waals surface area contributed by atoms with Crippen molar-refractivity contribution in [2.45, 2.75) is 31.8 Å². The number of nitrogens with zero attached hydrogens (tertiary/aromatic N) is 4. The molecule has 3 heterocycles. The Morgan fingerprint density at radius 1 is 1.23 bits per heavy atom. The number of piperidine rings is 1. The molecule has 0 bridgehead atoms. The van der Waals surface area contributed by atoms with E-state index in [9.17, 15) is 5.11 Å². The second-order valence-corrected chi connectivity index (χ2v) is 7.48. The highest BCUT2D eigenvalue weighted by Gasteiger charge is 2.31. The molecule has 1 aliphatic heterocycles. The number of aliphatic hydroxyl groups is 1. The first-order chi connectivity index (χ1) is 12.5. The quantitative estimate of drug-likeness (QED) is 0.756. The number of aromatic nitrogens is 3. The summed E-state index contributed by atoms with van der Waals surface area (Å²) < 4.78 is 2.06. The van der Waals surface area contributed by atoms with Crippen molar-refractivity contribution < 1.29 is 5.11 Å². The molecule has 1 saturated heterocycles. The topological polar surface area (TPSA) is 54.2 Å². The maximum absolute atomic E-state index is 10.5. The van der Waals surface area contributed by atoms with E-state index < -0.39 is 5.60 Å². The summed E-state index contributed by atoms with van der Waals surface area (Å²) in [5, 5.41) is 11.0. The van der Waals surface area contributed by atoms with Crippen LogP contribution in [0.25, 0.3) is 22.4 Å². The fourth-order valence-corrected chi connectivity index (χ4v) is 3.85. The predicted molar refractivity (Wildman–Crippen MR) is 106 cm³/mol. The van der Waals surface area contributed by atoms with Gasteiger partial charge in [-0.1, -0.05) is 30.7 Å². The monoisotopic (exact) mass is 370 g/mol. The Bertz CT molecular complexity index is 944. The summed E-state index contributed by atoms with van der Waals surface area (Å²) in [7, 11) is 2.00. The highest BCUT2D eigenvalue weighted by molar-refractivity contribution is 6.33. The molecule has 6 heteroatoms.